The van der Waals surface area contributed by atoms with Crippen molar-refractivity contribution in [1.29, 1.82) is 0 Å². The van der Waals surface area contributed by atoms with Crippen LogP contribution in [0.25, 0.3) is 0 Å². The minimum Gasteiger partial charge on any atom is -0.480 e. The second kappa shape index (κ2) is 6.73. The van der Waals surface area contributed by atoms with Crippen LogP contribution < -0.4 is 5.73 Å². The van der Waals surface area contributed by atoms with Gasteiger partial charge in [0.2, 0.25) is 5.91 Å². The van der Waals surface area contributed by atoms with Crippen LogP contribution in [-0.4, -0.2) is 40.5 Å². The average molecular weight is 258 g/mol. The van der Waals surface area contributed by atoms with E-state index in [1.165, 1.54) is 4.90 Å². The predicted octanol–water partition coefficient (Wildman–Crippen LogP) is 1.46. The third-order valence-corrected chi connectivity index (χ3v) is 3.26. The van der Waals surface area contributed by atoms with Gasteiger partial charge in [-0.1, -0.05) is 27.7 Å². The summed E-state index contributed by atoms with van der Waals surface area (Å²) >= 11 is 0. The van der Waals surface area contributed by atoms with E-state index in [2.05, 4.69) is 0 Å². The van der Waals surface area contributed by atoms with Crippen LogP contribution in [0.1, 0.15) is 47.5 Å². The molecule has 0 aliphatic heterocycles. The van der Waals surface area contributed by atoms with Crippen molar-refractivity contribution in [3.8, 4) is 0 Å². The van der Waals surface area contributed by atoms with E-state index >= 15 is 0 Å². The van der Waals surface area contributed by atoms with E-state index in [1.54, 1.807) is 0 Å². The van der Waals surface area contributed by atoms with E-state index in [9.17, 15) is 9.59 Å². The van der Waals surface area contributed by atoms with Crippen LogP contribution in [0.4, 0.5) is 0 Å². The molecular weight excluding hydrogens is 232 g/mol. The number of amides is 1. The quantitative estimate of drug-likeness (QED) is 0.755. The average Bonchev–Trinajstić information content (AvgIpc) is 2.22. The Bertz CT molecular complexity index is 297. The SMILES string of the molecule is CCC(C)N(CC(=O)O)C(=O)CC(N)C(C)(C)C. The number of hydrogen-bond acceptors (Lipinski definition) is 3. The van der Waals surface area contributed by atoms with E-state index in [-0.39, 0.29) is 36.4 Å². The van der Waals surface area contributed by atoms with Crippen LogP contribution >= 0.6 is 0 Å². The Morgan fingerprint density at radius 3 is 2.17 bits per heavy atom. The fraction of sp³-hybridized carbons (Fsp3) is 0.846. The first-order chi connectivity index (χ1) is 8.09. The topological polar surface area (TPSA) is 83.6 Å². The summed E-state index contributed by atoms with van der Waals surface area (Å²) in [5, 5.41) is 8.85. The van der Waals surface area contributed by atoms with Crippen LogP contribution in [-0.2, 0) is 9.59 Å². The lowest BCUT2D eigenvalue weighted by atomic mass is 9.85. The first-order valence-corrected chi connectivity index (χ1v) is 6.36. The Morgan fingerprint density at radius 2 is 1.83 bits per heavy atom. The van der Waals surface area contributed by atoms with Crippen molar-refractivity contribution in [1.82, 2.24) is 4.90 Å². The largest absolute Gasteiger partial charge is 0.480 e. The summed E-state index contributed by atoms with van der Waals surface area (Å²) in [6.07, 6.45) is 0.908. The molecule has 0 spiro atoms. The molecule has 0 aliphatic rings. The fourth-order valence-corrected chi connectivity index (χ4v) is 1.47. The van der Waals surface area contributed by atoms with Crippen molar-refractivity contribution < 1.29 is 14.7 Å². The molecule has 1 amide bonds. The maximum atomic E-state index is 12.1. The molecule has 3 N–H and O–H groups in total. The van der Waals surface area contributed by atoms with Crippen molar-refractivity contribution in [3.63, 3.8) is 0 Å². The third kappa shape index (κ3) is 5.49. The molecule has 0 aromatic carbocycles. The molecule has 0 bridgehead atoms. The first-order valence-electron chi connectivity index (χ1n) is 6.36. The molecule has 0 saturated carbocycles. The number of rotatable bonds is 6. The van der Waals surface area contributed by atoms with Gasteiger partial charge in [0.1, 0.15) is 6.54 Å². The Morgan fingerprint density at radius 1 is 1.33 bits per heavy atom. The summed E-state index contributed by atoms with van der Waals surface area (Å²) < 4.78 is 0. The highest BCUT2D eigenvalue weighted by molar-refractivity contribution is 5.82. The van der Waals surface area contributed by atoms with Crippen LogP contribution in [0.5, 0.6) is 0 Å². The number of nitrogens with two attached hydrogens (primary N) is 1. The van der Waals surface area contributed by atoms with Gasteiger partial charge in [0.15, 0.2) is 0 Å². The molecule has 106 valence electrons. The maximum absolute atomic E-state index is 12.1. The summed E-state index contributed by atoms with van der Waals surface area (Å²) in [6.45, 7) is 9.42. The summed E-state index contributed by atoms with van der Waals surface area (Å²) in [5.74, 6) is -1.18. The van der Waals surface area contributed by atoms with E-state index < -0.39 is 5.97 Å². The van der Waals surface area contributed by atoms with Crippen LogP contribution in [0.2, 0.25) is 0 Å². The number of aliphatic carboxylic acids is 1. The van der Waals surface area contributed by atoms with Gasteiger partial charge in [0.25, 0.3) is 0 Å². The van der Waals surface area contributed by atoms with Gasteiger partial charge >= 0.3 is 5.97 Å². The lowest BCUT2D eigenvalue weighted by Crippen LogP contribution is -2.46. The van der Waals surface area contributed by atoms with Crippen molar-refractivity contribution in [2.45, 2.75) is 59.5 Å². The monoisotopic (exact) mass is 258 g/mol. The molecule has 0 aromatic rings. The molecule has 0 saturated heterocycles. The minimum atomic E-state index is -0.993. The van der Waals surface area contributed by atoms with E-state index in [4.69, 9.17) is 10.8 Å². The van der Waals surface area contributed by atoms with Gasteiger partial charge in [-0.3, -0.25) is 9.59 Å². The van der Waals surface area contributed by atoms with Gasteiger partial charge in [-0.25, -0.2) is 0 Å². The zero-order chi connectivity index (χ0) is 14.5. The summed E-state index contributed by atoms with van der Waals surface area (Å²) in [7, 11) is 0. The van der Waals surface area contributed by atoms with Gasteiger partial charge in [0, 0.05) is 18.5 Å². The molecule has 18 heavy (non-hydrogen) atoms. The molecule has 0 aromatic heterocycles. The smallest absolute Gasteiger partial charge is 0.323 e. The standard InChI is InChI=1S/C13H26N2O3/c1-6-9(2)15(8-12(17)18)11(16)7-10(14)13(3,4)5/h9-10H,6-8,14H2,1-5H3,(H,17,18). The fourth-order valence-electron chi connectivity index (χ4n) is 1.47. The number of carboxylic acid groups (broad SMARTS) is 1. The lowest BCUT2D eigenvalue weighted by Gasteiger charge is -2.31. The van der Waals surface area contributed by atoms with Crippen molar-refractivity contribution in [2.75, 3.05) is 6.54 Å². The van der Waals surface area contributed by atoms with E-state index in [0.29, 0.717) is 0 Å². The highest BCUT2D eigenvalue weighted by atomic mass is 16.4. The molecule has 5 heteroatoms. The first kappa shape index (κ1) is 16.9. The molecule has 0 fully saturated rings. The third-order valence-electron chi connectivity index (χ3n) is 3.26. The van der Waals surface area contributed by atoms with E-state index in [0.717, 1.165) is 6.42 Å². The Kier molecular flexibility index (Phi) is 6.32. The Hall–Kier alpha value is -1.10. The van der Waals surface area contributed by atoms with Gasteiger partial charge in [-0.05, 0) is 18.8 Å². The lowest BCUT2D eigenvalue weighted by molar-refractivity contribution is -0.146. The van der Waals surface area contributed by atoms with Crippen molar-refractivity contribution in [2.24, 2.45) is 11.1 Å². The van der Waals surface area contributed by atoms with Gasteiger partial charge in [-0.15, -0.1) is 0 Å². The summed E-state index contributed by atoms with van der Waals surface area (Å²) in [5.41, 5.74) is 5.80. The zero-order valence-electron chi connectivity index (χ0n) is 12.1. The molecular formula is C13H26N2O3. The zero-order valence-corrected chi connectivity index (χ0v) is 12.1. The molecule has 0 rings (SSSR count). The molecule has 0 radical (unpaired) electrons. The second-order valence-electron chi connectivity index (χ2n) is 5.85. The Balaban J connectivity index is 4.71. The molecule has 2 atom stereocenters. The van der Waals surface area contributed by atoms with Crippen molar-refractivity contribution >= 4 is 11.9 Å². The number of carbonyl (C=O) groups is 2. The Labute approximate surface area is 109 Å². The van der Waals surface area contributed by atoms with Gasteiger partial charge < -0.3 is 15.7 Å². The predicted molar refractivity (Wildman–Crippen MR) is 71.1 cm³/mol. The highest BCUT2D eigenvalue weighted by Crippen LogP contribution is 2.21. The van der Waals surface area contributed by atoms with Gasteiger partial charge in [-0.2, -0.15) is 0 Å². The molecule has 0 aliphatic carbocycles. The van der Waals surface area contributed by atoms with Crippen LogP contribution in [0.15, 0.2) is 0 Å². The summed E-state index contributed by atoms with van der Waals surface area (Å²) in [6, 6.07) is -0.355. The number of hydrogen-bond donors (Lipinski definition) is 2. The molecule has 2 unspecified atom stereocenters. The number of carbonyl (C=O) groups excluding carboxylic acids is 1. The maximum Gasteiger partial charge on any atom is 0.323 e. The van der Waals surface area contributed by atoms with Gasteiger partial charge in [0.05, 0.1) is 0 Å². The van der Waals surface area contributed by atoms with Crippen LogP contribution in [0, 0.1) is 5.41 Å². The number of nitrogens with zero attached hydrogens (tertiary/aromatic N) is 1. The normalized spacial score (nSPS) is 15.0. The second-order valence-corrected chi connectivity index (χ2v) is 5.85. The summed E-state index contributed by atoms with van der Waals surface area (Å²) in [4.78, 5) is 24.3. The molecule has 5 nitrogen and oxygen atoms in total. The number of carboxylic acids is 1. The minimum absolute atomic E-state index is 0.0826. The molecule has 0 heterocycles. The highest BCUT2D eigenvalue weighted by Gasteiger charge is 2.28. The van der Waals surface area contributed by atoms with E-state index in [1.807, 2.05) is 34.6 Å². The van der Waals surface area contributed by atoms with Crippen LogP contribution in [0.3, 0.4) is 0 Å². The van der Waals surface area contributed by atoms with Crippen molar-refractivity contribution in [3.05, 3.63) is 0 Å².